The number of ether oxygens (including phenoxy) is 1. The fourth-order valence-corrected chi connectivity index (χ4v) is 2.96. The first-order valence-electron chi connectivity index (χ1n) is 6.26. The van der Waals surface area contributed by atoms with Gasteiger partial charge in [-0.15, -0.1) is 0 Å². The molecule has 0 heterocycles. The van der Waals surface area contributed by atoms with E-state index in [1.54, 1.807) is 7.11 Å². The zero-order valence-corrected chi connectivity index (χ0v) is 10.6. The summed E-state index contributed by atoms with van der Waals surface area (Å²) in [5.74, 6) is -1.94. The Kier molecular flexibility index (Phi) is 3.71. The number of carboxylic acids is 1. The SMILES string of the molecule is COC(C)CNC(=O)C1C2C=CC(C2)C1C(=O)O. The number of hydrogen-bond acceptors (Lipinski definition) is 3. The Hall–Kier alpha value is -1.36. The monoisotopic (exact) mass is 253 g/mol. The Morgan fingerprint density at radius 1 is 1.39 bits per heavy atom. The number of fused-ring (bicyclic) bond motifs is 2. The van der Waals surface area contributed by atoms with Crippen molar-refractivity contribution < 1.29 is 19.4 Å². The number of nitrogens with one attached hydrogen (secondary N) is 1. The van der Waals surface area contributed by atoms with Gasteiger partial charge in [0.15, 0.2) is 0 Å². The van der Waals surface area contributed by atoms with E-state index in [0.29, 0.717) is 6.54 Å². The first-order chi connectivity index (χ1) is 8.54. The molecule has 0 aromatic rings. The average molecular weight is 253 g/mol. The van der Waals surface area contributed by atoms with Gasteiger partial charge in [0.2, 0.25) is 5.91 Å². The third kappa shape index (κ3) is 2.27. The topological polar surface area (TPSA) is 75.6 Å². The average Bonchev–Trinajstić information content (AvgIpc) is 2.95. The first kappa shape index (κ1) is 13.1. The van der Waals surface area contributed by atoms with Gasteiger partial charge in [-0.1, -0.05) is 12.2 Å². The first-order valence-corrected chi connectivity index (χ1v) is 6.26. The summed E-state index contributed by atoms with van der Waals surface area (Å²) in [7, 11) is 1.58. The molecule has 1 fully saturated rings. The molecule has 2 N–H and O–H groups in total. The van der Waals surface area contributed by atoms with Crippen molar-refractivity contribution >= 4 is 11.9 Å². The zero-order valence-electron chi connectivity index (χ0n) is 10.6. The van der Waals surface area contributed by atoms with Crippen molar-refractivity contribution in [3.05, 3.63) is 12.2 Å². The van der Waals surface area contributed by atoms with Crippen molar-refractivity contribution in [2.45, 2.75) is 19.4 Å². The van der Waals surface area contributed by atoms with Gasteiger partial charge in [-0.05, 0) is 25.2 Å². The lowest BCUT2D eigenvalue weighted by atomic mass is 9.82. The number of allylic oxidation sites excluding steroid dienone is 2. The second-order valence-corrected chi connectivity index (χ2v) is 5.13. The Labute approximate surface area is 106 Å². The van der Waals surface area contributed by atoms with Crippen LogP contribution in [0.5, 0.6) is 0 Å². The largest absolute Gasteiger partial charge is 0.481 e. The van der Waals surface area contributed by atoms with Gasteiger partial charge in [-0.25, -0.2) is 0 Å². The molecule has 18 heavy (non-hydrogen) atoms. The molecule has 0 aromatic carbocycles. The van der Waals surface area contributed by atoms with E-state index in [4.69, 9.17) is 4.74 Å². The van der Waals surface area contributed by atoms with E-state index in [-0.39, 0.29) is 23.8 Å². The molecule has 1 amide bonds. The Morgan fingerprint density at radius 3 is 2.56 bits per heavy atom. The van der Waals surface area contributed by atoms with Crippen molar-refractivity contribution in [3.63, 3.8) is 0 Å². The minimum absolute atomic E-state index is 0.0168. The molecular formula is C13H19NO4. The fraction of sp³-hybridized carbons (Fsp3) is 0.692. The number of methoxy groups -OCH3 is 1. The number of amides is 1. The lowest BCUT2D eigenvalue weighted by Crippen LogP contribution is -2.42. The Bertz CT molecular complexity index is 379. The summed E-state index contributed by atoms with van der Waals surface area (Å²) < 4.78 is 5.05. The standard InChI is InChI=1S/C13H19NO4/c1-7(18-2)6-14-12(15)10-8-3-4-9(5-8)11(10)13(16)17/h3-4,7-11H,5-6H2,1-2H3,(H,14,15)(H,16,17). The van der Waals surface area contributed by atoms with E-state index >= 15 is 0 Å². The molecule has 5 unspecified atom stereocenters. The molecule has 5 heteroatoms. The number of rotatable bonds is 5. The van der Waals surface area contributed by atoms with Gasteiger partial charge >= 0.3 is 5.97 Å². The number of carbonyl (C=O) groups is 2. The van der Waals surface area contributed by atoms with E-state index in [1.165, 1.54) is 0 Å². The molecule has 100 valence electrons. The molecule has 5 atom stereocenters. The van der Waals surface area contributed by atoms with Crippen LogP contribution in [0.4, 0.5) is 0 Å². The molecule has 5 nitrogen and oxygen atoms in total. The molecule has 0 aliphatic heterocycles. The molecule has 1 saturated carbocycles. The fourth-order valence-electron chi connectivity index (χ4n) is 2.96. The predicted molar refractivity (Wildman–Crippen MR) is 64.8 cm³/mol. The van der Waals surface area contributed by atoms with Gasteiger partial charge < -0.3 is 15.2 Å². The van der Waals surface area contributed by atoms with Gasteiger partial charge in [0.05, 0.1) is 17.9 Å². The van der Waals surface area contributed by atoms with Gasteiger partial charge in [-0.3, -0.25) is 9.59 Å². The van der Waals surface area contributed by atoms with Gasteiger partial charge in [-0.2, -0.15) is 0 Å². The minimum atomic E-state index is -0.869. The highest BCUT2D eigenvalue weighted by Gasteiger charge is 2.51. The summed E-state index contributed by atoms with van der Waals surface area (Å²) in [5.41, 5.74) is 0. The molecule has 0 spiro atoms. The second kappa shape index (κ2) is 5.10. The van der Waals surface area contributed by atoms with Crippen LogP contribution in [0.3, 0.4) is 0 Å². The maximum Gasteiger partial charge on any atom is 0.307 e. The normalized spacial score (nSPS) is 34.6. The molecule has 2 rings (SSSR count). The summed E-state index contributed by atoms with van der Waals surface area (Å²) in [4.78, 5) is 23.4. The highest BCUT2D eigenvalue weighted by atomic mass is 16.5. The molecule has 2 bridgehead atoms. The lowest BCUT2D eigenvalue weighted by Gasteiger charge is -2.24. The van der Waals surface area contributed by atoms with Crippen molar-refractivity contribution in [1.82, 2.24) is 5.32 Å². The zero-order chi connectivity index (χ0) is 13.3. The van der Waals surface area contributed by atoms with Crippen LogP contribution in [0, 0.1) is 23.7 Å². The van der Waals surface area contributed by atoms with Gasteiger partial charge in [0.25, 0.3) is 0 Å². The molecule has 0 radical (unpaired) electrons. The van der Waals surface area contributed by atoms with Crippen LogP contribution in [0.1, 0.15) is 13.3 Å². The van der Waals surface area contributed by atoms with Crippen LogP contribution in [0.15, 0.2) is 12.2 Å². The number of aliphatic carboxylic acids is 1. The van der Waals surface area contributed by atoms with Crippen molar-refractivity contribution in [1.29, 1.82) is 0 Å². The lowest BCUT2D eigenvalue weighted by molar-refractivity contribution is -0.147. The van der Waals surface area contributed by atoms with Gasteiger partial charge in [0.1, 0.15) is 0 Å². The van der Waals surface area contributed by atoms with E-state index in [2.05, 4.69) is 5.32 Å². The molecule has 0 aromatic heterocycles. The summed E-state index contributed by atoms with van der Waals surface area (Å²) in [6.45, 7) is 2.27. The third-order valence-electron chi connectivity index (χ3n) is 4.01. The quantitative estimate of drug-likeness (QED) is 0.706. The highest BCUT2D eigenvalue weighted by molar-refractivity contribution is 5.86. The van der Waals surface area contributed by atoms with E-state index in [9.17, 15) is 14.7 Å². The summed E-state index contributed by atoms with van der Waals surface area (Å²) in [5, 5.41) is 12.0. The summed E-state index contributed by atoms with van der Waals surface area (Å²) in [6.07, 6.45) is 4.64. The maximum atomic E-state index is 12.1. The summed E-state index contributed by atoms with van der Waals surface area (Å²) in [6, 6.07) is 0. The Morgan fingerprint density at radius 2 is 2.00 bits per heavy atom. The molecule has 2 aliphatic rings. The smallest absolute Gasteiger partial charge is 0.307 e. The van der Waals surface area contributed by atoms with Crippen LogP contribution >= 0.6 is 0 Å². The van der Waals surface area contributed by atoms with E-state index < -0.39 is 17.8 Å². The van der Waals surface area contributed by atoms with Crippen LogP contribution in [-0.4, -0.2) is 36.7 Å². The van der Waals surface area contributed by atoms with E-state index in [0.717, 1.165) is 6.42 Å². The van der Waals surface area contributed by atoms with Crippen LogP contribution in [0.2, 0.25) is 0 Å². The number of carboxylic acid groups (broad SMARTS) is 1. The van der Waals surface area contributed by atoms with E-state index in [1.807, 2.05) is 19.1 Å². The maximum absolute atomic E-state index is 12.1. The van der Waals surface area contributed by atoms with Crippen molar-refractivity contribution in [2.75, 3.05) is 13.7 Å². The second-order valence-electron chi connectivity index (χ2n) is 5.13. The van der Waals surface area contributed by atoms with Crippen LogP contribution in [0.25, 0.3) is 0 Å². The number of hydrogen-bond donors (Lipinski definition) is 2. The third-order valence-corrected chi connectivity index (χ3v) is 4.01. The Balaban J connectivity index is 2.01. The molecule has 2 aliphatic carbocycles. The van der Waals surface area contributed by atoms with Crippen molar-refractivity contribution in [2.24, 2.45) is 23.7 Å². The van der Waals surface area contributed by atoms with Crippen molar-refractivity contribution in [3.8, 4) is 0 Å². The molecule has 0 saturated heterocycles. The predicted octanol–water partition coefficient (Wildman–Crippen LogP) is 0.660. The van der Waals surface area contributed by atoms with Crippen LogP contribution < -0.4 is 5.32 Å². The molecular weight excluding hydrogens is 234 g/mol. The van der Waals surface area contributed by atoms with Gasteiger partial charge in [0, 0.05) is 13.7 Å². The van der Waals surface area contributed by atoms with Crippen LogP contribution in [-0.2, 0) is 14.3 Å². The number of carbonyl (C=O) groups excluding carboxylic acids is 1. The minimum Gasteiger partial charge on any atom is -0.481 e. The highest BCUT2D eigenvalue weighted by Crippen LogP contribution is 2.48. The summed E-state index contributed by atoms with van der Waals surface area (Å²) >= 11 is 0.